The minimum Gasteiger partial charge on any atom is -0.497 e. The van der Waals surface area contributed by atoms with Crippen molar-refractivity contribution in [2.75, 3.05) is 7.11 Å². The first-order valence-corrected chi connectivity index (χ1v) is 5.96. The van der Waals surface area contributed by atoms with E-state index in [0.717, 1.165) is 11.1 Å². The summed E-state index contributed by atoms with van der Waals surface area (Å²) in [6.07, 6.45) is 0. The van der Waals surface area contributed by atoms with Gasteiger partial charge < -0.3 is 9.15 Å². The third-order valence-electron chi connectivity index (χ3n) is 2.44. The predicted molar refractivity (Wildman–Crippen MR) is 65.4 cm³/mol. The van der Waals surface area contributed by atoms with Crippen LogP contribution in [0.25, 0.3) is 11.0 Å². The van der Waals surface area contributed by atoms with Gasteiger partial charge in [-0.1, -0.05) is 15.9 Å². The Balaban J connectivity index is 2.75. The second kappa shape index (κ2) is 4.29. The first-order valence-electron chi connectivity index (χ1n) is 4.83. The highest BCUT2D eigenvalue weighted by atomic mass is 79.9. The summed E-state index contributed by atoms with van der Waals surface area (Å²) >= 11 is 3.31. The quantitative estimate of drug-likeness (QED) is 0.639. The molecular weight excluding hydrogens is 272 g/mol. The first kappa shape index (κ1) is 11.2. The number of carbonyl (C=O) groups excluding carboxylic acids is 1. The second-order valence-electron chi connectivity index (χ2n) is 3.45. The number of Topliss-reactive ketones (excluding diaryl/α,β-unsaturated/α-hetero) is 1. The topological polar surface area (TPSA) is 39.4 Å². The monoisotopic (exact) mass is 282 g/mol. The molecule has 2 aromatic rings. The average molecular weight is 283 g/mol. The van der Waals surface area contributed by atoms with Gasteiger partial charge in [-0.25, -0.2) is 0 Å². The Kier molecular flexibility index (Phi) is 3.01. The van der Waals surface area contributed by atoms with Gasteiger partial charge in [0, 0.05) is 5.39 Å². The molecule has 1 heterocycles. The summed E-state index contributed by atoms with van der Waals surface area (Å²) in [5.41, 5.74) is 1.34. The number of halogens is 1. The van der Waals surface area contributed by atoms with E-state index in [0.29, 0.717) is 22.2 Å². The molecule has 0 spiro atoms. The Morgan fingerprint density at radius 2 is 2.25 bits per heavy atom. The van der Waals surface area contributed by atoms with Gasteiger partial charge in [0.15, 0.2) is 5.78 Å². The van der Waals surface area contributed by atoms with Gasteiger partial charge in [-0.2, -0.15) is 0 Å². The van der Waals surface area contributed by atoms with Gasteiger partial charge >= 0.3 is 0 Å². The summed E-state index contributed by atoms with van der Waals surface area (Å²) in [5.74, 6) is 1.38. The summed E-state index contributed by atoms with van der Waals surface area (Å²) < 4.78 is 10.7. The van der Waals surface area contributed by atoms with Crippen molar-refractivity contribution in [3.05, 3.63) is 29.5 Å². The molecule has 16 heavy (non-hydrogen) atoms. The van der Waals surface area contributed by atoms with Crippen LogP contribution in [0.5, 0.6) is 5.75 Å². The standard InChI is InChI=1S/C12H11BrO3/c1-7(14)12-9-5-8(15-2)3-4-10(9)16-11(12)6-13/h3-5H,6H2,1-2H3. The van der Waals surface area contributed by atoms with E-state index in [1.807, 2.05) is 18.2 Å². The molecule has 1 aromatic heterocycles. The van der Waals surface area contributed by atoms with E-state index in [-0.39, 0.29) is 5.78 Å². The molecule has 3 nitrogen and oxygen atoms in total. The van der Waals surface area contributed by atoms with Gasteiger partial charge in [0.25, 0.3) is 0 Å². The van der Waals surface area contributed by atoms with E-state index < -0.39 is 0 Å². The molecule has 84 valence electrons. The predicted octanol–water partition coefficient (Wildman–Crippen LogP) is 3.54. The fourth-order valence-electron chi connectivity index (χ4n) is 1.73. The molecule has 0 unspecified atom stereocenters. The zero-order valence-corrected chi connectivity index (χ0v) is 10.6. The lowest BCUT2D eigenvalue weighted by atomic mass is 10.1. The van der Waals surface area contributed by atoms with Crippen LogP contribution >= 0.6 is 15.9 Å². The number of carbonyl (C=O) groups is 1. The van der Waals surface area contributed by atoms with Gasteiger partial charge in [0.1, 0.15) is 17.1 Å². The highest BCUT2D eigenvalue weighted by Gasteiger charge is 2.17. The van der Waals surface area contributed by atoms with Crippen LogP contribution in [-0.2, 0) is 5.33 Å². The number of benzene rings is 1. The minimum absolute atomic E-state index is 0.00135. The fraction of sp³-hybridized carbons (Fsp3) is 0.250. The highest BCUT2D eigenvalue weighted by molar-refractivity contribution is 9.08. The van der Waals surface area contributed by atoms with Gasteiger partial charge in [-0.05, 0) is 25.1 Å². The van der Waals surface area contributed by atoms with Crippen molar-refractivity contribution in [3.63, 3.8) is 0 Å². The lowest BCUT2D eigenvalue weighted by Gasteiger charge is -1.98. The molecule has 0 bridgehead atoms. The number of ether oxygens (including phenoxy) is 1. The van der Waals surface area contributed by atoms with Crippen LogP contribution in [0.3, 0.4) is 0 Å². The first-order chi connectivity index (χ1) is 7.67. The van der Waals surface area contributed by atoms with E-state index in [1.165, 1.54) is 6.92 Å². The van der Waals surface area contributed by atoms with Crippen molar-refractivity contribution in [2.24, 2.45) is 0 Å². The van der Waals surface area contributed by atoms with Crippen molar-refractivity contribution >= 4 is 32.7 Å². The van der Waals surface area contributed by atoms with Gasteiger partial charge in [0.05, 0.1) is 18.0 Å². The molecular formula is C12H11BrO3. The molecule has 2 rings (SSSR count). The molecule has 0 aliphatic carbocycles. The van der Waals surface area contributed by atoms with E-state index in [2.05, 4.69) is 15.9 Å². The van der Waals surface area contributed by atoms with Gasteiger partial charge in [-0.15, -0.1) is 0 Å². The Labute approximate surface area is 102 Å². The van der Waals surface area contributed by atoms with Crippen LogP contribution in [0.1, 0.15) is 23.0 Å². The van der Waals surface area contributed by atoms with Crippen molar-refractivity contribution in [1.82, 2.24) is 0 Å². The molecule has 1 aromatic carbocycles. The summed E-state index contributed by atoms with van der Waals surface area (Å²) in [6.45, 7) is 1.54. The van der Waals surface area contributed by atoms with Crippen molar-refractivity contribution in [3.8, 4) is 5.75 Å². The minimum atomic E-state index is 0.00135. The van der Waals surface area contributed by atoms with Crippen molar-refractivity contribution < 1.29 is 13.9 Å². The maximum absolute atomic E-state index is 11.6. The SMILES string of the molecule is COc1ccc2oc(CBr)c(C(C)=O)c2c1. The van der Waals surface area contributed by atoms with Crippen LogP contribution in [0, 0.1) is 0 Å². The van der Waals surface area contributed by atoms with E-state index >= 15 is 0 Å². The van der Waals surface area contributed by atoms with Gasteiger partial charge in [0.2, 0.25) is 0 Å². The number of rotatable bonds is 3. The number of furan rings is 1. The lowest BCUT2D eigenvalue weighted by Crippen LogP contribution is -1.94. The summed E-state index contributed by atoms with van der Waals surface area (Å²) in [5, 5.41) is 1.33. The highest BCUT2D eigenvalue weighted by Crippen LogP contribution is 2.30. The molecule has 0 aliphatic heterocycles. The van der Waals surface area contributed by atoms with Crippen LogP contribution in [0.4, 0.5) is 0 Å². The molecule has 0 radical (unpaired) electrons. The maximum atomic E-state index is 11.6. The molecule has 0 atom stereocenters. The zero-order chi connectivity index (χ0) is 11.7. The molecule has 0 fully saturated rings. The smallest absolute Gasteiger partial charge is 0.163 e. The van der Waals surface area contributed by atoms with Gasteiger partial charge in [-0.3, -0.25) is 4.79 Å². The maximum Gasteiger partial charge on any atom is 0.163 e. The van der Waals surface area contributed by atoms with Crippen LogP contribution < -0.4 is 4.74 Å². The largest absolute Gasteiger partial charge is 0.497 e. The van der Waals surface area contributed by atoms with Crippen molar-refractivity contribution in [1.29, 1.82) is 0 Å². The number of hydrogen-bond acceptors (Lipinski definition) is 3. The average Bonchev–Trinajstić information content (AvgIpc) is 2.65. The fourth-order valence-corrected chi connectivity index (χ4v) is 2.13. The number of alkyl halides is 1. The Morgan fingerprint density at radius 3 is 2.81 bits per heavy atom. The number of fused-ring (bicyclic) bond motifs is 1. The zero-order valence-electron chi connectivity index (χ0n) is 9.04. The molecule has 4 heteroatoms. The summed E-state index contributed by atoms with van der Waals surface area (Å²) in [7, 11) is 1.60. The van der Waals surface area contributed by atoms with Crippen LogP contribution in [0.2, 0.25) is 0 Å². The Hall–Kier alpha value is -1.29. The Bertz CT molecular complexity index is 542. The second-order valence-corrected chi connectivity index (χ2v) is 4.01. The van der Waals surface area contributed by atoms with Crippen LogP contribution in [-0.4, -0.2) is 12.9 Å². The summed E-state index contributed by atoms with van der Waals surface area (Å²) in [4.78, 5) is 11.6. The van der Waals surface area contributed by atoms with Crippen molar-refractivity contribution in [2.45, 2.75) is 12.3 Å². The third kappa shape index (κ3) is 1.73. The van der Waals surface area contributed by atoms with E-state index in [4.69, 9.17) is 9.15 Å². The third-order valence-corrected chi connectivity index (χ3v) is 2.95. The normalized spacial score (nSPS) is 10.7. The van der Waals surface area contributed by atoms with Crippen LogP contribution in [0.15, 0.2) is 22.6 Å². The molecule has 0 amide bonds. The lowest BCUT2D eigenvalue weighted by molar-refractivity contribution is 0.101. The Morgan fingerprint density at radius 1 is 1.50 bits per heavy atom. The molecule has 0 saturated carbocycles. The van der Waals surface area contributed by atoms with E-state index in [1.54, 1.807) is 7.11 Å². The number of hydrogen-bond donors (Lipinski definition) is 0. The van der Waals surface area contributed by atoms with E-state index in [9.17, 15) is 4.79 Å². The summed E-state index contributed by atoms with van der Waals surface area (Å²) in [6, 6.07) is 5.45. The molecule has 0 saturated heterocycles. The number of methoxy groups -OCH3 is 1. The molecule has 0 aliphatic rings. The molecule has 0 N–H and O–H groups in total. The number of ketones is 1.